The smallest absolute Gasteiger partial charge is 0.325 e. The predicted molar refractivity (Wildman–Crippen MR) is 66.4 cm³/mol. The summed E-state index contributed by atoms with van der Waals surface area (Å²) in [6.45, 7) is 6.21. The molecule has 2 rings (SSSR count). The van der Waals surface area contributed by atoms with Crippen LogP contribution in [0.1, 0.15) is 26.7 Å². The molecule has 2 aliphatic heterocycles. The lowest BCUT2D eigenvalue weighted by Crippen LogP contribution is -2.60. The molecule has 6 nitrogen and oxygen atoms in total. The number of nitrogens with one attached hydrogen (secondary N) is 1. The Morgan fingerprint density at radius 3 is 2.78 bits per heavy atom. The van der Waals surface area contributed by atoms with Gasteiger partial charge in [0.05, 0.1) is 0 Å². The predicted octanol–water partition coefficient (Wildman–Crippen LogP) is 0.338. The van der Waals surface area contributed by atoms with E-state index < -0.39 is 12.0 Å². The third-order valence-electron chi connectivity index (χ3n) is 3.91. The molecule has 3 atom stereocenters. The molecule has 2 N–H and O–H groups in total. The quantitative estimate of drug-likeness (QED) is 0.746. The number of carbonyl (C=O) groups is 2. The van der Waals surface area contributed by atoms with Gasteiger partial charge in [-0.1, -0.05) is 0 Å². The lowest BCUT2D eigenvalue weighted by molar-refractivity contribution is -0.138. The molecule has 2 unspecified atom stereocenters. The fourth-order valence-corrected chi connectivity index (χ4v) is 2.80. The van der Waals surface area contributed by atoms with Crippen LogP contribution < -0.4 is 5.32 Å². The van der Waals surface area contributed by atoms with Gasteiger partial charge in [-0.25, -0.2) is 4.79 Å². The van der Waals surface area contributed by atoms with Crippen LogP contribution in [0.3, 0.4) is 0 Å². The summed E-state index contributed by atoms with van der Waals surface area (Å²) in [5, 5.41) is 11.3. The summed E-state index contributed by atoms with van der Waals surface area (Å²) in [5.74, 6) is -1.00. The Kier molecular flexibility index (Phi) is 3.75. The second kappa shape index (κ2) is 5.14. The molecular formula is C12H21N3O3. The maximum absolute atomic E-state index is 12.0. The van der Waals surface area contributed by atoms with E-state index >= 15 is 0 Å². The van der Waals surface area contributed by atoms with E-state index in [2.05, 4.69) is 10.2 Å². The molecule has 0 radical (unpaired) electrons. The third kappa shape index (κ3) is 2.58. The van der Waals surface area contributed by atoms with Crippen LogP contribution in [0.15, 0.2) is 0 Å². The van der Waals surface area contributed by atoms with Gasteiger partial charge in [-0.15, -0.1) is 0 Å². The van der Waals surface area contributed by atoms with E-state index in [0.717, 1.165) is 19.5 Å². The molecule has 2 fully saturated rings. The summed E-state index contributed by atoms with van der Waals surface area (Å²) < 4.78 is 0. The van der Waals surface area contributed by atoms with E-state index in [-0.39, 0.29) is 12.1 Å². The van der Waals surface area contributed by atoms with Gasteiger partial charge in [-0.3, -0.25) is 9.69 Å². The largest absolute Gasteiger partial charge is 0.480 e. The first-order valence-corrected chi connectivity index (χ1v) is 6.53. The van der Waals surface area contributed by atoms with Gasteiger partial charge in [0, 0.05) is 25.2 Å². The van der Waals surface area contributed by atoms with Crippen molar-refractivity contribution in [3.05, 3.63) is 0 Å². The first kappa shape index (κ1) is 13.1. The van der Waals surface area contributed by atoms with E-state index in [1.165, 1.54) is 13.3 Å². The fraction of sp³-hybridized carbons (Fsp3) is 0.833. The SMILES string of the molecule is CC1CN2CCCC2CN1C(=O)N[C@@H](C)C(=O)O. The lowest BCUT2D eigenvalue weighted by Gasteiger charge is -2.42. The van der Waals surface area contributed by atoms with E-state index in [0.29, 0.717) is 12.6 Å². The molecular weight excluding hydrogens is 234 g/mol. The van der Waals surface area contributed by atoms with Gasteiger partial charge in [0.25, 0.3) is 0 Å². The third-order valence-corrected chi connectivity index (χ3v) is 3.91. The van der Waals surface area contributed by atoms with Crippen LogP contribution in [0.25, 0.3) is 0 Å². The van der Waals surface area contributed by atoms with E-state index in [1.54, 1.807) is 4.90 Å². The van der Waals surface area contributed by atoms with Gasteiger partial charge in [0.2, 0.25) is 0 Å². The van der Waals surface area contributed by atoms with E-state index in [1.807, 2.05) is 6.92 Å². The Morgan fingerprint density at radius 1 is 1.39 bits per heavy atom. The highest BCUT2D eigenvalue weighted by Gasteiger charge is 2.36. The number of carbonyl (C=O) groups excluding carboxylic acids is 1. The molecule has 0 aliphatic carbocycles. The van der Waals surface area contributed by atoms with Crippen molar-refractivity contribution in [2.24, 2.45) is 0 Å². The number of rotatable bonds is 2. The summed E-state index contributed by atoms with van der Waals surface area (Å²) in [7, 11) is 0. The monoisotopic (exact) mass is 255 g/mol. The number of fused-ring (bicyclic) bond motifs is 1. The molecule has 18 heavy (non-hydrogen) atoms. The van der Waals surface area contributed by atoms with Gasteiger partial charge < -0.3 is 15.3 Å². The zero-order valence-electron chi connectivity index (χ0n) is 10.9. The zero-order chi connectivity index (χ0) is 13.3. The molecule has 2 aliphatic rings. The van der Waals surface area contributed by atoms with Gasteiger partial charge in [-0.05, 0) is 33.2 Å². The Hall–Kier alpha value is -1.30. The highest BCUT2D eigenvalue weighted by molar-refractivity contribution is 5.82. The molecule has 2 saturated heterocycles. The second-order valence-electron chi connectivity index (χ2n) is 5.30. The number of nitrogens with zero attached hydrogens (tertiary/aromatic N) is 2. The van der Waals surface area contributed by atoms with Crippen molar-refractivity contribution in [3.63, 3.8) is 0 Å². The molecule has 0 aromatic rings. The highest BCUT2D eigenvalue weighted by Crippen LogP contribution is 2.24. The molecule has 2 heterocycles. The van der Waals surface area contributed by atoms with Crippen molar-refractivity contribution in [2.75, 3.05) is 19.6 Å². The van der Waals surface area contributed by atoms with Gasteiger partial charge in [-0.2, -0.15) is 0 Å². The number of urea groups is 1. The molecule has 6 heteroatoms. The van der Waals surface area contributed by atoms with Crippen molar-refractivity contribution >= 4 is 12.0 Å². The average Bonchev–Trinajstić information content (AvgIpc) is 2.74. The molecule has 0 aromatic heterocycles. The minimum Gasteiger partial charge on any atom is -0.480 e. The van der Waals surface area contributed by atoms with E-state index in [4.69, 9.17) is 5.11 Å². The summed E-state index contributed by atoms with van der Waals surface area (Å²) in [5.41, 5.74) is 0. The van der Waals surface area contributed by atoms with Gasteiger partial charge in [0.15, 0.2) is 0 Å². The Labute approximate surface area is 107 Å². The number of carboxylic acid groups (broad SMARTS) is 1. The van der Waals surface area contributed by atoms with Crippen LogP contribution in [0.5, 0.6) is 0 Å². The minimum atomic E-state index is -1.00. The van der Waals surface area contributed by atoms with Crippen LogP contribution >= 0.6 is 0 Å². The minimum absolute atomic E-state index is 0.139. The van der Waals surface area contributed by atoms with Crippen LogP contribution in [-0.4, -0.2) is 64.7 Å². The number of hydrogen-bond acceptors (Lipinski definition) is 3. The summed E-state index contributed by atoms with van der Waals surface area (Å²) in [6, 6.07) is -0.511. The standard InChI is InChI=1S/C12H21N3O3/c1-8-6-14-5-3-4-10(14)7-15(8)12(18)13-9(2)11(16)17/h8-10H,3-7H2,1-2H3,(H,13,18)(H,16,17)/t8?,9-,10?/m0/s1. The molecule has 2 amide bonds. The van der Waals surface area contributed by atoms with Gasteiger partial charge >= 0.3 is 12.0 Å². The van der Waals surface area contributed by atoms with Crippen molar-refractivity contribution in [3.8, 4) is 0 Å². The summed E-state index contributed by atoms with van der Waals surface area (Å²) >= 11 is 0. The van der Waals surface area contributed by atoms with Crippen molar-refractivity contribution in [1.82, 2.24) is 15.1 Å². The van der Waals surface area contributed by atoms with Crippen molar-refractivity contribution in [1.29, 1.82) is 0 Å². The van der Waals surface area contributed by atoms with E-state index in [9.17, 15) is 9.59 Å². The molecule has 102 valence electrons. The Bertz CT molecular complexity index is 347. The molecule has 0 aromatic carbocycles. The van der Waals surface area contributed by atoms with Crippen LogP contribution in [0, 0.1) is 0 Å². The molecule has 0 spiro atoms. The number of carboxylic acids is 1. The highest BCUT2D eigenvalue weighted by atomic mass is 16.4. The average molecular weight is 255 g/mol. The first-order chi connectivity index (χ1) is 8.49. The number of amides is 2. The van der Waals surface area contributed by atoms with Crippen LogP contribution in [0.2, 0.25) is 0 Å². The second-order valence-corrected chi connectivity index (χ2v) is 5.30. The Morgan fingerprint density at radius 2 is 2.11 bits per heavy atom. The lowest BCUT2D eigenvalue weighted by atomic mass is 10.1. The first-order valence-electron chi connectivity index (χ1n) is 6.53. The summed E-state index contributed by atoms with van der Waals surface area (Å²) in [4.78, 5) is 27.0. The molecule has 0 bridgehead atoms. The molecule has 0 saturated carbocycles. The summed E-state index contributed by atoms with van der Waals surface area (Å²) in [6.07, 6.45) is 2.32. The zero-order valence-corrected chi connectivity index (χ0v) is 10.9. The maximum Gasteiger partial charge on any atom is 0.325 e. The normalized spacial score (nSPS) is 29.8. The van der Waals surface area contributed by atoms with Crippen molar-refractivity contribution in [2.45, 2.75) is 44.8 Å². The Balaban J connectivity index is 1.95. The van der Waals surface area contributed by atoms with Crippen LogP contribution in [-0.2, 0) is 4.79 Å². The number of aliphatic carboxylic acids is 1. The fourth-order valence-electron chi connectivity index (χ4n) is 2.80. The van der Waals surface area contributed by atoms with Crippen LogP contribution in [0.4, 0.5) is 4.79 Å². The van der Waals surface area contributed by atoms with Crippen molar-refractivity contribution < 1.29 is 14.7 Å². The topological polar surface area (TPSA) is 72.9 Å². The van der Waals surface area contributed by atoms with Gasteiger partial charge in [0.1, 0.15) is 6.04 Å². The maximum atomic E-state index is 12.0. The number of hydrogen-bond donors (Lipinski definition) is 2. The number of piperazine rings is 1.